The van der Waals surface area contributed by atoms with Crippen LogP contribution in [-0.2, 0) is 25.5 Å². The van der Waals surface area contributed by atoms with Gasteiger partial charge < -0.3 is 15.2 Å². The summed E-state index contributed by atoms with van der Waals surface area (Å²) in [6, 6.07) is 18.4. The smallest absolute Gasteiger partial charge is 0.355 e. The van der Waals surface area contributed by atoms with E-state index in [1.807, 2.05) is 25.1 Å². The number of benzene rings is 2. The van der Waals surface area contributed by atoms with Crippen LogP contribution in [0.2, 0.25) is 0 Å². The van der Waals surface area contributed by atoms with Gasteiger partial charge in [0.2, 0.25) is 0 Å². The number of aryl methyl sites for hydroxylation is 1. The van der Waals surface area contributed by atoms with Crippen molar-refractivity contribution in [1.82, 2.24) is 0 Å². The topological polar surface area (TPSA) is 106 Å². The van der Waals surface area contributed by atoms with Crippen LogP contribution in [0, 0.1) is 11.3 Å². The number of nitrogens with zero attached hydrogens (tertiary/aromatic N) is 2. The van der Waals surface area contributed by atoms with Gasteiger partial charge in [0.25, 0.3) is 0 Å². The molecule has 7 heteroatoms. The van der Waals surface area contributed by atoms with Crippen molar-refractivity contribution in [1.29, 1.82) is 5.26 Å². The van der Waals surface area contributed by atoms with Crippen molar-refractivity contribution in [3.63, 3.8) is 0 Å². The highest BCUT2D eigenvalue weighted by atomic mass is 16.5. The molecule has 0 saturated carbocycles. The van der Waals surface area contributed by atoms with Gasteiger partial charge in [0.1, 0.15) is 11.5 Å². The number of rotatable bonds is 5. The molecule has 1 atom stereocenters. The third kappa shape index (κ3) is 3.76. The predicted octanol–water partition coefficient (Wildman–Crippen LogP) is 3.15. The van der Waals surface area contributed by atoms with E-state index in [9.17, 15) is 14.9 Å². The fourth-order valence-electron chi connectivity index (χ4n) is 3.79. The minimum atomic E-state index is -0.877. The Morgan fingerprint density at radius 3 is 2.23 bits per heavy atom. The van der Waals surface area contributed by atoms with Gasteiger partial charge in [-0.15, -0.1) is 0 Å². The molecule has 0 saturated heterocycles. The van der Waals surface area contributed by atoms with Crippen molar-refractivity contribution in [3.8, 4) is 6.07 Å². The van der Waals surface area contributed by atoms with Gasteiger partial charge in [0, 0.05) is 0 Å². The zero-order valence-corrected chi connectivity index (χ0v) is 17.6. The Morgan fingerprint density at radius 2 is 1.65 bits per heavy atom. The molecule has 1 aliphatic heterocycles. The number of anilines is 1. The number of carbonyl (C=O) groups excluding carboxylic acids is 2. The highest BCUT2D eigenvalue weighted by molar-refractivity contribution is 6.06. The molecule has 0 aliphatic carbocycles. The van der Waals surface area contributed by atoms with E-state index in [1.165, 1.54) is 19.1 Å². The first-order valence-corrected chi connectivity index (χ1v) is 9.73. The summed E-state index contributed by atoms with van der Waals surface area (Å²) in [7, 11) is 2.45. The molecule has 0 spiro atoms. The van der Waals surface area contributed by atoms with Gasteiger partial charge in [-0.1, -0.05) is 55.5 Å². The predicted molar refractivity (Wildman–Crippen MR) is 115 cm³/mol. The summed E-state index contributed by atoms with van der Waals surface area (Å²) in [5, 5.41) is 10.0. The van der Waals surface area contributed by atoms with Crippen LogP contribution < -0.4 is 10.6 Å². The molecule has 2 aromatic rings. The fraction of sp³-hybridized carbons (Fsp3) is 0.208. The van der Waals surface area contributed by atoms with E-state index in [1.54, 1.807) is 36.4 Å². The zero-order chi connectivity index (χ0) is 22.5. The number of allylic oxidation sites excluding steroid dienone is 1. The van der Waals surface area contributed by atoms with E-state index in [0.29, 0.717) is 17.7 Å². The van der Waals surface area contributed by atoms with Crippen LogP contribution in [-0.4, -0.2) is 26.2 Å². The molecule has 2 N–H and O–H groups in total. The first kappa shape index (κ1) is 21.7. The molecule has 31 heavy (non-hydrogen) atoms. The van der Waals surface area contributed by atoms with Crippen LogP contribution in [0.15, 0.2) is 77.3 Å². The van der Waals surface area contributed by atoms with E-state index in [4.69, 9.17) is 15.2 Å². The minimum Gasteiger partial charge on any atom is -0.466 e. The summed E-state index contributed by atoms with van der Waals surface area (Å²) >= 11 is 0. The maximum atomic E-state index is 13.0. The number of para-hydroxylation sites is 1. The van der Waals surface area contributed by atoms with Gasteiger partial charge in [-0.05, 0) is 23.6 Å². The minimum absolute atomic E-state index is 0.00259. The van der Waals surface area contributed by atoms with Crippen LogP contribution >= 0.6 is 0 Å². The average Bonchev–Trinajstić information content (AvgIpc) is 2.82. The third-order valence-electron chi connectivity index (χ3n) is 5.22. The van der Waals surface area contributed by atoms with Gasteiger partial charge in [-0.2, -0.15) is 5.26 Å². The van der Waals surface area contributed by atoms with Gasteiger partial charge in [-0.3, -0.25) is 4.90 Å². The lowest BCUT2D eigenvalue weighted by atomic mass is 9.80. The largest absolute Gasteiger partial charge is 0.466 e. The summed E-state index contributed by atoms with van der Waals surface area (Å²) in [6.45, 7) is 1.96. The first-order chi connectivity index (χ1) is 15.0. The van der Waals surface area contributed by atoms with E-state index in [0.717, 1.165) is 5.56 Å². The number of nitrogens with two attached hydrogens (primary N) is 1. The summed E-state index contributed by atoms with van der Waals surface area (Å²) in [4.78, 5) is 27.4. The molecule has 0 aromatic heterocycles. The van der Waals surface area contributed by atoms with Crippen molar-refractivity contribution in [2.45, 2.75) is 19.3 Å². The summed E-state index contributed by atoms with van der Waals surface area (Å²) in [5.74, 6) is -2.32. The number of carbonyl (C=O) groups is 2. The molecule has 3 rings (SSSR count). The van der Waals surface area contributed by atoms with Gasteiger partial charge in [0.05, 0.1) is 43.0 Å². The normalized spacial score (nSPS) is 16.1. The van der Waals surface area contributed by atoms with Crippen LogP contribution in [0.3, 0.4) is 0 Å². The van der Waals surface area contributed by atoms with Crippen molar-refractivity contribution < 1.29 is 19.1 Å². The Morgan fingerprint density at radius 1 is 1.03 bits per heavy atom. The molecule has 0 bridgehead atoms. The molecule has 1 aliphatic rings. The van der Waals surface area contributed by atoms with E-state index < -0.39 is 17.9 Å². The molecular formula is C24H23N3O4. The van der Waals surface area contributed by atoms with E-state index >= 15 is 0 Å². The quantitative estimate of drug-likeness (QED) is 0.745. The van der Waals surface area contributed by atoms with Crippen molar-refractivity contribution in [3.05, 3.63) is 88.4 Å². The molecular weight excluding hydrogens is 394 g/mol. The second-order valence-corrected chi connectivity index (χ2v) is 6.82. The highest BCUT2D eigenvalue weighted by Crippen LogP contribution is 2.43. The number of methoxy groups -OCH3 is 2. The lowest BCUT2D eigenvalue weighted by molar-refractivity contribution is -0.139. The number of nitriles is 1. The SMILES string of the molecule is CCc1ccccc1N1C(N)=C(C#N)C(c2ccccc2)C(C(=O)OC)=C1C(=O)OC. The molecule has 0 radical (unpaired) electrons. The van der Waals surface area contributed by atoms with Gasteiger partial charge in [-0.25, -0.2) is 9.59 Å². The van der Waals surface area contributed by atoms with Gasteiger partial charge in [0.15, 0.2) is 0 Å². The lowest BCUT2D eigenvalue weighted by Crippen LogP contribution is -2.41. The Labute approximate surface area is 181 Å². The Balaban J connectivity index is 2.44. The second-order valence-electron chi connectivity index (χ2n) is 6.82. The highest BCUT2D eigenvalue weighted by Gasteiger charge is 2.43. The van der Waals surface area contributed by atoms with Crippen LogP contribution in [0.1, 0.15) is 24.0 Å². The molecule has 1 unspecified atom stereocenters. The first-order valence-electron chi connectivity index (χ1n) is 9.73. The van der Waals surface area contributed by atoms with Crippen LogP contribution in [0.25, 0.3) is 0 Å². The maximum absolute atomic E-state index is 13.0. The maximum Gasteiger partial charge on any atom is 0.355 e. The molecule has 1 heterocycles. The van der Waals surface area contributed by atoms with E-state index in [-0.39, 0.29) is 22.7 Å². The van der Waals surface area contributed by atoms with Crippen molar-refractivity contribution in [2.75, 3.05) is 19.1 Å². The van der Waals surface area contributed by atoms with Crippen molar-refractivity contribution in [2.24, 2.45) is 5.73 Å². The molecule has 7 nitrogen and oxygen atoms in total. The monoisotopic (exact) mass is 417 g/mol. The summed E-state index contributed by atoms with van der Waals surface area (Å²) < 4.78 is 10.1. The second kappa shape index (κ2) is 9.18. The third-order valence-corrected chi connectivity index (χ3v) is 5.22. The summed E-state index contributed by atoms with van der Waals surface area (Å²) in [6.07, 6.45) is 0.645. The Hall–Kier alpha value is -4.05. The Kier molecular flexibility index (Phi) is 6.41. The lowest BCUT2D eigenvalue weighted by Gasteiger charge is -2.36. The van der Waals surface area contributed by atoms with Gasteiger partial charge >= 0.3 is 11.9 Å². The average molecular weight is 417 g/mol. The molecule has 0 amide bonds. The Bertz CT molecular complexity index is 1110. The number of hydrogen-bond donors (Lipinski definition) is 1. The summed E-state index contributed by atoms with van der Waals surface area (Å²) in [5.41, 5.74) is 8.66. The molecule has 0 fully saturated rings. The van der Waals surface area contributed by atoms with E-state index in [2.05, 4.69) is 6.07 Å². The van der Waals surface area contributed by atoms with Crippen molar-refractivity contribution >= 4 is 17.6 Å². The number of hydrogen-bond acceptors (Lipinski definition) is 7. The van der Waals surface area contributed by atoms with Crippen LogP contribution in [0.5, 0.6) is 0 Å². The zero-order valence-electron chi connectivity index (χ0n) is 17.6. The molecule has 2 aromatic carbocycles. The standard InChI is InChI=1S/C24H23N3O4/c1-4-15-10-8-9-13-18(15)27-21(24(29)31-3)20(23(28)30-2)19(17(14-25)22(27)26)16-11-6-5-7-12-16/h5-13,19H,4,26H2,1-3H3. The number of esters is 2. The number of ether oxygens (including phenoxy) is 2. The molecule has 158 valence electrons. The van der Waals surface area contributed by atoms with Crippen LogP contribution in [0.4, 0.5) is 5.69 Å². The fourth-order valence-corrected chi connectivity index (χ4v) is 3.79.